The summed E-state index contributed by atoms with van der Waals surface area (Å²) in [4.78, 5) is 0. The van der Waals surface area contributed by atoms with Crippen molar-refractivity contribution in [3.63, 3.8) is 0 Å². The maximum absolute atomic E-state index is 13.0. The fourth-order valence-corrected chi connectivity index (χ4v) is 1.76. The summed E-state index contributed by atoms with van der Waals surface area (Å²) in [6.45, 7) is -0.488. The molecule has 0 aliphatic rings. The molecule has 21 heavy (non-hydrogen) atoms. The van der Waals surface area contributed by atoms with Crippen LogP contribution in [0.5, 0.6) is 5.75 Å². The predicted octanol–water partition coefficient (Wildman–Crippen LogP) is 4.14. The van der Waals surface area contributed by atoms with E-state index in [-0.39, 0.29) is 17.0 Å². The second kappa shape index (κ2) is 5.59. The zero-order valence-electron chi connectivity index (χ0n) is 10.5. The van der Waals surface area contributed by atoms with Gasteiger partial charge in [-0.15, -0.1) is 0 Å². The average molecular weight is 303 g/mol. The SMILES string of the molecule is Nc1ccc(COc2cc(F)cc(F)c2)c(C(F)(F)F)c1. The Hall–Kier alpha value is -2.31. The molecule has 0 unspecified atom stereocenters. The van der Waals surface area contributed by atoms with E-state index >= 15 is 0 Å². The van der Waals surface area contributed by atoms with Crippen molar-refractivity contribution in [3.05, 3.63) is 59.2 Å². The molecule has 0 aliphatic carbocycles. The molecule has 0 amide bonds. The van der Waals surface area contributed by atoms with Crippen molar-refractivity contribution in [3.8, 4) is 5.75 Å². The maximum atomic E-state index is 13.0. The van der Waals surface area contributed by atoms with Crippen molar-refractivity contribution in [1.29, 1.82) is 0 Å². The van der Waals surface area contributed by atoms with E-state index in [4.69, 9.17) is 10.5 Å². The molecule has 0 saturated carbocycles. The number of benzene rings is 2. The number of halogens is 5. The fourth-order valence-electron chi connectivity index (χ4n) is 1.76. The van der Waals surface area contributed by atoms with Gasteiger partial charge in [0.2, 0.25) is 0 Å². The van der Waals surface area contributed by atoms with Crippen LogP contribution in [0.3, 0.4) is 0 Å². The standard InChI is InChI=1S/C14H10F5NO/c15-9-3-10(16)5-12(4-9)21-7-8-1-2-11(20)6-13(8)14(17,18)19/h1-6H,7,20H2. The van der Waals surface area contributed by atoms with Crippen molar-refractivity contribution in [2.45, 2.75) is 12.8 Å². The fraction of sp³-hybridized carbons (Fsp3) is 0.143. The monoisotopic (exact) mass is 303 g/mol. The first-order valence-electron chi connectivity index (χ1n) is 5.80. The molecular weight excluding hydrogens is 293 g/mol. The average Bonchev–Trinajstić information content (AvgIpc) is 2.35. The lowest BCUT2D eigenvalue weighted by Gasteiger charge is -2.14. The van der Waals surface area contributed by atoms with Gasteiger partial charge in [0.05, 0.1) is 5.56 Å². The summed E-state index contributed by atoms with van der Waals surface area (Å²) >= 11 is 0. The normalized spacial score (nSPS) is 11.5. The summed E-state index contributed by atoms with van der Waals surface area (Å²) in [5, 5.41) is 0. The molecule has 2 rings (SSSR count). The molecule has 2 nitrogen and oxygen atoms in total. The molecular formula is C14H10F5NO. The van der Waals surface area contributed by atoms with E-state index in [1.54, 1.807) is 0 Å². The number of nitrogen functional groups attached to an aromatic ring is 1. The van der Waals surface area contributed by atoms with Gasteiger partial charge >= 0.3 is 6.18 Å². The summed E-state index contributed by atoms with van der Waals surface area (Å²) in [7, 11) is 0. The number of hydrogen-bond acceptors (Lipinski definition) is 2. The number of nitrogens with two attached hydrogens (primary N) is 1. The van der Waals surface area contributed by atoms with E-state index in [0.717, 1.165) is 24.3 Å². The summed E-state index contributed by atoms with van der Waals surface area (Å²) < 4.78 is 69.5. The van der Waals surface area contributed by atoms with Gasteiger partial charge in [-0.2, -0.15) is 13.2 Å². The number of hydrogen-bond donors (Lipinski definition) is 1. The first kappa shape index (κ1) is 15.1. The Morgan fingerprint density at radius 2 is 1.57 bits per heavy atom. The Balaban J connectivity index is 2.24. The summed E-state index contributed by atoms with van der Waals surface area (Å²) in [6, 6.07) is 5.64. The highest BCUT2D eigenvalue weighted by atomic mass is 19.4. The lowest BCUT2D eigenvalue weighted by Crippen LogP contribution is -2.11. The first-order valence-corrected chi connectivity index (χ1v) is 5.80. The van der Waals surface area contributed by atoms with Gasteiger partial charge in [0, 0.05) is 29.4 Å². The molecule has 7 heteroatoms. The van der Waals surface area contributed by atoms with E-state index in [2.05, 4.69) is 0 Å². The lowest BCUT2D eigenvalue weighted by molar-refractivity contribution is -0.138. The second-order valence-electron chi connectivity index (χ2n) is 4.31. The van der Waals surface area contributed by atoms with E-state index in [1.165, 1.54) is 6.07 Å². The molecule has 2 aromatic carbocycles. The van der Waals surface area contributed by atoms with Crippen LogP contribution in [0.2, 0.25) is 0 Å². The number of rotatable bonds is 3. The molecule has 0 aromatic heterocycles. The Morgan fingerprint density at radius 1 is 0.952 bits per heavy atom. The molecule has 0 spiro atoms. The van der Waals surface area contributed by atoms with E-state index in [9.17, 15) is 22.0 Å². The Morgan fingerprint density at radius 3 is 2.14 bits per heavy atom. The zero-order valence-corrected chi connectivity index (χ0v) is 10.5. The van der Waals surface area contributed by atoms with Crippen molar-refractivity contribution < 1.29 is 26.7 Å². The molecule has 0 radical (unpaired) electrons. The molecule has 2 N–H and O–H groups in total. The van der Waals surface area contributed by atoms with Gasteiger partial charge < -0.3 is 10.5 Å². The van der Waals surface area contributed by atoms with Gasteiger partial charge in [-0.1, -0.05) is 6.07 Å². The van der Waals surface area contributed by atoms with Gasteiger partial charge in [-0.3, -0.25) is 0 Å². The molecule has 0 atom stereocenters. The Labute approximate surface area is 116 Å². The third kappa shape index (κ3) is 3.84. The molecule has 0 saturated heterocycles. The van der Waals surface area contributed by atoms with Crippen LogP contribution < -0.4 is 10.5 Å². The number of alkyl halides is 3. The van der Waals surface area contributed by atoms with Crippen molar-refractivity contribution in [1.82, 2.24) is 0 Å². The van der Waals surface area contributed by atoms with E-state index < -0.39 is 30.0 Å². The van der Waals surface area contributed by atoms with Crippen LogP contribution in [0.25, 0.3) is 0 Å². The molecule has 0 aliphatic heterocycles. The van der Waals surface area contributed by atoms with Gasteiger partial charge in [0.15, 0.2) is 0 Å². The lowest BCUT2D eigenvalue weighted by atomic mass is 10.1. The van der Waals surface area contributed by atoms with Crippen LogP contribution in [0.1, 0.15) is 11.1 Å². The largest absolute Gasteiger partial charge is 0.489 e. The molecule has 0 fully saturated rings. The van der Waals surface area contributed by atoms with Crippen LogP contribution in [-0.2, 0) is 12.8 Å². The van der Waals surface area contributed by atoms with Crippen molar-refractivity contribution >= 4 is 5.69 Å². The van der Waals surface area contributed by atoms with Crippen LogP contribution >= 0.6 is 0 Å². The smallest absolute Gasteiger partial charge is 0.416 e. The van der Waals surface area contributed by atoms with Crippen LogP contribution in [0.4, 0.5) is 27.6 Å². The number of ether oxygens (including phenoxy) is 1. The predicted molar refractivity (Wildman–Crippen MR) is 66.5 cm³/mol. The summed E-state index contributed by atoms with van der Waals surface area (Å²) in [5.74, 6) is -1.95. The minimum atomic E-state index is -4.60. The van der Waals surface area contributed by atoms with Crippen LogP contribution in [0, 0.1) is 11.6 Å². The molecule has 0 heterocycles. The zero-order chi connectivity index (χ0) is 15.6. The van der Waals surface area contributed by atoms with Gasteiger partial charge in [0.25, 0.3) is 0 Å². The summed E-state index contributed by atoms with van der Waals surface area (Å²) in [5.41, 5.74) is 4.17. The Bertz CT molecular complexity index is 634. The third-order valence-electron chi connectivity index (χ3n) is 2.67. The molecule has 112 valence electrons. The van der Waals surface area contributed by atoms with Crippen LogP contribution in [-0.4, -0.2) is 0 Å². The highest BCUT2D eigenvalue weighted by molar-refractivity contribution is 5.46. The van der Waals surface area contributed by atoms with E-state index in [0.29, 0.717) is 6.07 Å². The molecule has 0 bridgehead atoms. The molecule has 2 aromatic rings. The Kier molecular flexibility index (Phi) is 4.02. The van der Waals surface area contributed by atoms with Crippen molar-refractivity contribution in [2.75, 3.05) is 5.73 Å². The maximum Gasteiger partial charge on any atom is 0.416 e. The third-order valence-corrected chi connectivity index (χ3v) is 2.67. The van der Waals surface area contributed by atoms with Crippen molar-refractivity contribution in [2.24, 2.45) is 0 Å². The minimum absolute atomic E-state index is 0.0390. The second-order valence-corrected chi connectivity index (χ2v) is 4.31. The summed E-state index contributed by atoms with van der Waals surface area (Å²) in [6.07, 6.45) is -4.60. The van der Waals surface area contributed by atoms with Gasteiger partial charge in [0.1, 0.15) is 24.0 Å². The number of anilines is 1. The highest BCUT2D eigenvalue weighted by Crippen LogP contribution is 2.33. The van der Waals surface area contributed by atoms with E-state index in [1.807, 2.05) is 0 Å². The topological polar surface area (TPSA) is 35.2 Å². The highest BCUT2D eigenvalue weighted by Gasteiger charge is 2.33. The van der Waals surface area contributed by atoms with Gasteiger partial charge in [-0.25, -0.2) is 8.78 Å². The van der Waals surface area contributed by atoms with Crippen LogP contribution in [0.15, 0.2) is 36.4 Å². The quantitative estimate of drug-likeness (QED) is 0.683. The minimum Gasteiger partial charge on any atom is -0.489 e. The first-order chi connectivity index (χ1) is 9.75. The van der Waals surface area contributed by atoms with Gasteiger partial charge in [-0.05, 0) is 12.1 Å².